The van der Waals surface area contributed by atoms with Gasteiger partial charge in [-0.05, 0) is 96.7 Å². The van der Waals surface area contributed by atoms with E-state index in [1.54, 1.807) is 44.2 Å². The average Bonchev–Trinajstić information content (AvgIpc) is 3.43. The molecule has 43 heavy (non-hydrogen) atoms. The number of aryl methyl sites for hydroxylation is 1. The van der Waals surface area contributed by atoms with Gasteiger partial charge in [0, 0.05) is 15.5 Å². The molecule has 1 aliphatic rings. The van der Waals surface area contributed by atoms with Gasteiger partial charge in [0.1, 0.15) is 12.3 Å². The monoisotopic (exact) mass is 674 g/mol. The molecule has 0 spiro atoms. The largest absolute Gasteiger partial charge is 1.00 e. The number of anilines is 1. The van der Waals surface area contributed by atoms with Crippen molar-refractivity contribution >= 4 is 45.5 Å². The molecule has 0 bridgehead atoms. The molecule has 3 aromatic rings. The van der Waals surface area contributed by atoms with Crippen LogP contribution in [0.1, 0.15) is 18.2 Å². The first-order chi connectivity index (χ1) is 19.7. The van der Waals surface area contributed by atoms with E-state index in [1.807, 2.05) is 0 Å². The summed E-state index contributed by atoms with van der Waals surface area (Å²) < 4.78 is 45.8. The Balaban J connectivity index is 0.00000323. The fourth-order valence-electron chi connectivity index (χ4n) is 3.80. The molecule has 0 saturated heterocycles. The molecule has 214 valence electrons. The second kappa shape index (κ2) is 18.4. The van der Waals surface area contributed by atoms with Gasteiger partial charge in [0.05, 0.1) is 29.1 Å². The van der Waals surface area contributed by atoms with Crippen LogP contribution >= 0.6 is 0 Å². The third-order valence-corrected chi connectivity index (χ3v) is 7.09. The van der Waals surface area contributed by atoms with Crippen molar-refractivity contribution in [1.29, 1.82) is 0 Å². The Kier molecular flexibility index (Phi) is 16.4. The zero-order valence-electron chi connectivity index (χ0n) is 23.8. The molecule has 0 radical (unpaired) electrons. The molecule has 1 amide bonds. The Morgan fingerprint density at radius 3 is 2.02 bits per heavy atom. The van der Waals surface area contributed by atoms with E-state index in [-0.39, 0.29) is 130 Å². The molecule has 1 aliphatic heterocycles. The number of hydrogen-bond donors (Lipinski definition) is 1. The Hall–Kier alpha value is -0.777. The molecule has 2 unspecified atom stereocenters. The van der Waals surface area contributed by atoms with Crippen molar-refractivity contribution in [3.05, 3.63) is 100 Å². The van der Waals surface area contributed by atoms with Gasteiger partial charge in [-0.15, -0.1) is 0 Å². The number of aromatic nitrogens is 2. The summed E-state index contributed by atoms with van der Waals surface area (Å²) in [7, 11) is 0. The van der Waals surface area contributed by atoms with Crippen molar-refractivity contribution in [3.63, 3.8) is 0 Å². The summed E-state index contributed by atoms with van der Waals surface area (Å²) >= 11 is -4.76. The Morgan fingerprint density at radius 1 is 0.884 bits per heavy atom. The molecule has 0 fully saturated rings. The van der Waals surface area contributed by atoms with Gasteiger partial charge in [-0.3, -0.25) is 23.1 Å². The number of carbonyl (C=O) groups excluding carboxylic acids is 1. The van der Waals surface area contributed by atoms with Gasteiger partial charge in [0.25, 0.3) is 11.5 Å². The van der Waals surface area contributed by atoms with Crippen LogP contribution < -0.4 is 113 Å². The van der Waals surface area contributed by atoms with Crippen LogP contribution in [-0.4, -0.2) is 52.1 Å². The zero-order valence-corrected chi connectivity index (χ0v) is 31.7. The first kappa shape index (κ1) is 38.4. The van der Waals surface area contributed by atoms with E-state index in [2.05, 4.69) is 10.2 Å². The van der Waals surface area contributed by atoms with Crippen molar-refractivity contribution in [2.24, 2.45) is 5.10 Å². The first-order valence-electron chi connectivity index (χ1n) is 12.1. The zero-order chi connectivity index (χ0) is 29.5. The number of amides is 1. The van der Waals surface area contributed by atoms with Crippen LogP contribution in [0, 0.1) is 6.92 Å². The third kappa shape index (κ3) is 9.85. The number of benzene rings is 2. The maximum Gasteiger partial charge on any atom is 1.00 e. The van der Waals surface area contributed by atoms with Crippen molar-refractivity contribution in [1.82, 2.24) is 9.78 Å². The summed E-state index contributed by atoms with van der Waals surface area (Å²) in [6, 6.07) is 11.5. The van der Waals surface area contributed by atoms with Crippen molar-refractivity contribution < 1.29 is 135 Å². The van der Waals surface area contributed by atoms with Gasteiger partial charge in [-0.1, -0.05) is 18.2 Å². The third-order valence-electron chi connectivity index (χ3n) is 5.78. The van der Waals surface area contributed by atoms with E-state index in [9.17, 15) is 27.1 Å². The summed E-state index contributed by atoms with van der Waals surface area (Å²) in [6.07, 6.45) is 8.03. The fraction of sp³-hybridized carbons (Fsp3) is 0.148. The summed E-state index contributed by atoms with van der Waals surface area (Å²) in [4.78, 5) is 36.3. The molecule has 0 saturated carbocycles. The maximum atomic E-state index is 13.1. The van der Waals surface area contributed by atoms with Crippen LogP contribution in [0.15, 0.2) is 98.1 Å². The number of H-pyrrole nitrogens is 1. The second-order valence-corrected chi connectivity index (χ2v) is 10.3. The van der Waals surface area contributed by atoms with E-state index in [0.29, 0.717) is 35.0 Å². The van der Waals surface area contributed by atoms with Crippen LogP contribution in [0.2, 0.25) is 0 Å². The first-order valence-corrected chi connectivity index (χ1v) is 14.3. The molecular formula is C27H24K2N4O8S2. The van der Waals surface area contributed by atoms with Gasteiger partial charge >= 0.3 is 103 Å². The molecule has 2 heterocycles. The van der Waals surface area contributed by atoms with Crippen LogP contribution in [-0.2, 0) is 36.7 Å². The normalized spacial score (nSPS) is 15.5. The topological polar surface area (TPSA) is 169 Å². The van der Waals surface area contributed by atoms with Crippen molar-refractivity contribution in [2.45, 2.75) is 23.6 Å². The second-order valence-electron chi connectivity index (χ2n) is 8.40. The smallest absolute Gasteiger partial charge is 0.768 e. The Labute approximate surface area is 337 Å². The predicted molar refractivity (Wildman–Crippen MR) is 151 cm³/mol. The number of nitrogens with one attached hydrogen (secondary N) is 1. The minimum atomic E-state index is -2.40. The fourth-order valence-corrected chi connectivity index (χ4v) is 4.51. The van der Waals surface area contributed by atoms with Gasteiger partial charge in [0.15, 0.2) is 0 Å². The van der Waals surface area contributed by atoms with Gasteiger partial charge in [-0.2, -0.15) is 10.1 Å². The summed E-state index contributed by atoms with van der Waals surface area (Å²) in [5, 5.41) is 8.43. The molecule has 16 heteroatoms. The van der Waals surface area contributed by atoms with E-state index in [4.69, 9.17) is 9.78 Å². The molecular weight excluding hydrogens is 651 g/mol. The van der Waals surface area contributed by atoms with Crippen LogP contribution in [0.4, 0.5) is 5.69 Å². The number of aromatic amines is 1. The maximum absolute atomic E-state index is 13.1. The quantitative estimate of drug-likeness (QED) is 0.0423. The van der Waals surface area contributed by atoms with Gasteiger partial charge < -0.3 is 9.11 Å². The minimum absolute atomic E-state index is 0. The standard InChI is InChI=1S/C27H26N4O8S2.2K/c1-3-38-39-17-25-24(27(33)31(29-25)20-11-15-22(16-12-20)41(36)37)8-6-4-5-7-23-18(2)28-30(26(23)32)19-9-13-21(14-10-19)40(34)35;;/h4-16,28H,3,17H2,1-2H3,(H,34,35)(H,36,37);;/q;2*+1/p-2/b6-4?,7-5?,24-8-;;. The number of hydrazone groups is 1. The van der Waals surface area contributed by atoms with Gasteiger partial charge in [0.2, 0.25) is 0 Å². The molecule has 1 aromatic heterocycles. The summed E-state index contributed by atoms with van der Waals surface area (Å²) in [6.45, 7) is 3.69. The van der Waals surface area contributed by atoms with Crippen LogP contribution in [0.5, 0.6) is 0 Å². The number of hydrogen-bond acceptors (Lipinski definition) is 9. The molecule has 12 nitrogen and oxygen atoms in total. The Morgan fingerprint density at radius 2 is 1.47 bits per heavy atom. The predicted octanol–water partition coefficient (Wildman–Crippen LogP) is -3.18. The molecule has 0 aliphatic carbocycles. The van der Waals surface area contributed by atoms with Crippen molar-refractivity contribution in [2.75, 3.05) is 18.2 Å². The van der Waals surface area contributed by atoms with E-state index < -0.39 is 28.1 Å². The van der Waals surface area contributed by atoms with Gasteiger partial charge in [-0.25, -0.2) is 14.5 Å². The molecule has 4 rings (SSSR count). The van der Waals surface area contributed by atoms with E-state index >= 15 is 0 Å². The summed E-state index contributed by atoms with van der Waals surface area (Å²) in [5.41, 5.74) is 2.09. The number of allylic oxidation sites excluding steroid dienone is 4. The van der Waals surface area contributed by atoms with E-state index in [0.717, 1.165) is 5.01 Å². The summed E-state index contributed by atoms with van der Waals surface area (Å²) in [5.74, 6) is -0.444. The molecule has 2 aromatic carbocycles. The minimum Gasteiger partial charge on any atom is -0.768 e. The van der Waals surface area contributed by atoms with Crippen LogP contribution in [0.3, 0.4) is 0 Å². The number of carbonyl (C=O) groups is 1. The average molecular weight is 675 g/mol. The molecule has 1 N–H and O–H groups in total. The number of rotatable bonds is 11. The van der Waals surface area contributed by atoms with Crippen molar-refractivity contribution in [3.8, 4) is 5.69 Å². The van der Waals surface area contributed by atoms with E-state index in [1.165, 1.54) is 53.2 Å². The number of nitrogens with zero attached hydrogens (tertiary/aromatic N) is 3. The van der Waals surface area contributed by atoms with Crippen LogP contribution in [0.25, 0.3) is 11.8 Å². The molecule has 2 atom stereocenters. The Bertz CT molecular complexity index is 1660. The SMILES string of the molecule is CCOOCC1=NN(c2ccc(S(=O)[O-])cc2)C(=O)/C1=C\C=CC=Cc1c(C)[nH]n(-c2ccc(S(=O)[O-])cc2)c1=O.[K+].[K+].